The number of hydrogen-bond acceptors (Lipinski definition) is 4. The van der Waals surface area contributed by atoms with Crippen molar-refractivity contribution in [2.75, 3.05) is 13.6 Å². The van der Waals surface area contributed by atoms with Gasteiger partial charge < -0.3 is 4.90 Å². The maximum atomic E-state index is 11.9. The highest BCUT2D eigenvalue weighted by atomic mass is 32.2. The van der Waals surface area contributed by atoms with Gasteiger partial charge in [0.25, 0.3) is 0 Å². The summed E-state index contributed by atoms with van der Waals surface area (Å²) in [6, 6.07) is 8.00. The highest BCUT2D eigenvalue weighted by Gasteiger charge is 2.30. The van der Waals surface area contributed by atoms with Gasteiger partial charge in [0.1, 0.15) is 5.03 Å². The van der Waals surface area contributed by atoms with Gasteiger partial charge in [0.15, 0.2) is 0 Å². The van der Waals surface area contributed by atoms with Crippen LogP contribution < -0.4 is 0 Å². The number of thioether (sulfide) groups is 1. The van der Waals surface area contributed by atoms with E-state index in [1.54, 1.807) is 11.1 Å². The lowest BCUT2D eigenvalue weighted by atomic mass is 10.2. The molecule has 1 atom stereocenters. The Labute approximate surface area is 109 Å². The summed E-state index contributed by atoms with van der Waals surface area (Å²) in [5, 5.41) is 11.1. The quantitative estimate of drug-likeness (QED) is 0.827. The summed E-state index contributed by atoms with van der Waals surface area (Å²) in [6.45, 7) is 0.828. The van der Waals surface area contributed by atoms with Crippen LogP contribution in [-0.2, 0) is 4.79 Å². The largest absolute Gasteiger partial charge is 0.345 e. The first-order valence-electron chi connectivity index (χ1n) is 5.88. The van der Waals surface area contributed by atoms with E-state index in [0.717, 1.165) is 28.8 Å². The second kappa shape index (κ2) is 4.57. The Morgan fingerprint density at radius 1 is 1.39 bits per heavy atom. The monoisotopic (exact) mass is 259 g/mol. The zero-order valence-corrected chi connectivity index (χ0v) is 10.9. The first kappa shape index (κ1) is 11.5. The highest BCUT2D eigenvalue weighted by Crippen LogP contribution is 2.32. The number of amides is 1. The van der Waals surface area contributed by atoms with Crippen molar-refractivity contribution < 1.29 is 4.79 Å². The number of likely N-dealkylation sites (tertiary alicyclic amines) is 1. The van der Waals surface area contributed by atoms with Gasteiger partial charge in [-0.1, -0.05) is 36.0 Å². The Hall–Kier alpha value is -1.62. The van der Waals surface area contributed by atoms with Gasteiger partial charge in [-0.2, -0.15) is 5.10 Å². The molecule has 1 amide bonds. The third kappa shape index (κ3) is 1.95. The van der Waals surface area contributed by atoms with Gasteiger partial charge >= 0.3 is 0 Å². The molecule has 92 valence electrons. The Kier molecular flexibility index (Phi) is 2.91. The molecule has 0 saturated carbocycles. The van der Waals surface area contributed by atoms with Crippen molar-refractivity contribution in [1.29, 1.82) is 0 Å². The van der Waals surface area contributed by atoms with Crippen LogP contribution in [0.5, 0.6) is 0 Å². The third-order valence-electron chi connectivity index (χ3n) is 3.17. The van der Waals surface area contributed by atoms with E-state index in [2.05, 4.69) is 10.2 Å². The van der Waals surface area contributed by atoms with Crippen LogP contribution in [0.3, 0.4) is 0 Å². The molecule has 0 N–H and O–H groups in total. The number of aromatic nitrogens is 2. The molecule has 2 heterocycles. The normalized spacial score (nSPS) is 19.7. The molecule has 0 bridgehead atoms. The predicted molar refractivity (Wildman–Crippen MR) is 71.4 cm³/mol. The summed E-state index contributed by atoms with van der Waals surface area (Å²) in [6.07, 6.45) is 2.63. The van der Waals surface area contributed by atoms with Gasteiger partial charge in [0.05, 0.1) is 11.4 Å². The minimum Gasteiger partial charge on any atom is -0.345 e. The molecule has 1 aromatic carbocycles. The maximum absolute atomic E-state index is 11.9. The molecule has 3 rings (SSSR count). The standard InChI is InChI=1S/C13H13N3OS/c1-16-7-6-11(13(16)17)18-12-10-5-3-2-4-9(10)8-14-15-12/h2-5,8,11H,6-7H2,1H3/t11-/m0/s1. The van der Waals surface area contributed by atoms with Gasteiger partial charge in [-0.3, -0.25) is 4.79 Å². The second-order valence-electron chi connectivity index (χ2n) is 4.39. The van der Waals surface area contributed by atoms with Crippen LogP contribution in [-0.4, -0.2) is 39.8 Å². The van der Waals surface area contributed by atoms with E-state index in [0.29, 0.717) is 0 Å². The molecule has 0 radical (unpaired) electrons. The Morgan fingerprint density at radius 3 is 3.00 bits per heavy atom. The molecule has 0 aliphatic carbocycles. The minimum absolute atomic E-state index is 0.0184. The summed E-state index contributed by atoms with van der Waals surface area (Å²) in [7, 11) is 1.84. The maximum Gasteiger partial charge on any atom is 0.235 e. The number of rotatable bonds is 2. The van der Waals surface area contributed by atoms with Crippen LogP contribution in [0.2, 0.25) is 0 Å². The Morgan fingerprint density at radius 2 is 2.22 bits per heavy atom. The fraction of sp³-hybridized carbons (Fsp3) is 0.308. The number of carbonyl (C=O) groups excluding carboxylic acids is 1. The van der Waals surface area contributed by atoms with Crippen LogP contribution >= 0.6 is 11.8 Å². The SMILES string of the molecule is CN1CC[C@H](Sc2nncc3ccccc23)C1=O. The van der Waals surface area contributed by atoms with Crippen LogP contribution in [0.25, 0.3) is 10.8 Å². The average Bonchev–Trinajstić information content (AvgIpc) is 2.71. The van der Waals surface area contributed by atoms with E-state index in [9.17, 15) is 4.79 Å². The van der Waals surface area contributed by atoms with Gasteiger partial charge in [0, 0.05) is 24.4 Å². The van der Waals surface area contributed by atoms with Crippen molar-refractivity contribution >= 4 is 28.4 Å². The first-order valence-corrected chi connectivity index (χ1v) is 6.76. The molecule has 2 aromatic rings. The number of benzene rings is 1. The average molecular weight is 259 g/mol. The van der Waals surface area contributed by atoms with E-state index >= 15 is 0 Å². The lowest BCUT2D eigenvalue weighted by molar-refractivity contribution is -0.126. The molecule has 1 aliphatic heterocycles. The van der Waals surface area contributed by atoms with Crippen LogP contribution in [0.15, 0.2) is 35.5 Å². The molecule has 0 unspecified atom stereocenters. The van der Waals surface area contributed by atoms with Gasteiger partial charge in [-0.05, 0) is 6.42 Å². The molecular formula is C13H13N3OS. The van der Waals surface area contributed by atoms with E-state index in [1.807, 2.05) is 31.3 Å². The van der Waals surface area contributed by atoms with E-state index in [-0.39, 0.29) is 11.2 Å². The zero-order chi connectivity index (χ0) is 12.5. The van der Waals surface area contributed by atoms with E-state index in [4.69, 9.17) is 0 Å². The zero-order valence-electron chi connectivity index (χ0n) is 10.0. The molecule has 1 fully saturated rings. The van der Waals surface area contributed by atoms with Gasteiger partial charge in [-0.15, -0.1) is 5.10 Å². The molecule has 4 nitrogen and oxygen atoms in total. The third-order valence-corrected chi connectivity index (χ3v) is 4.42. The van der Waals surface area contributed by atoms with Crippen molar-refractivity contribution in [3.63, 3.8) is 0 Å². The van der Waals surface area contributed by atoms with E-state index in [1.165, 1.54) is 11.8 Å². The summed E-state index contributed by atoms with van der Waals surface area (Å²) in [5.41, 5.74) is 0. The highest BCUT2D eigenvalue weighted by molar-refractivity contribution is 8.00. The van der Waals surface area contributed by atoms with Crippen molar-refractivity contribution in [2.24, 2.45) is 0 Å². The second-order valence-corrected chi connectivity index (χ2v) is 5.58. The molecule has 18 heavy (non-hydrogen) atoms. The van der Waals surface area contributed by atoms with Crippen LogP contribution in [0.1, 0.15) is 6.42 Å². The minimum atomic E-state index is -0.0184. The summed E-state index contributed by atoms with van der Waals surface area (Å²) < 4.78 is 0. The van der Waals surface area contributed by atoms with Crippen molar-refractivity contribution in [3.8, 4) is 0 Å². The number of hydrogen-bond donors (Lipinski definition) is 0. The topological polar surface area (TPSA) is 46.1 Å². The summed E-state index contributed by atoms with van der Waals surface area (Å²) in [5.74, 6) is 0.190. The summed E-state index contributed by atoms with van der Waals surface area (Å²) >= 11 is 1.53. The molecule has 1 aliphatic rings. The number of fused-ring (bicyclic) bond motifs is 1. The molecular weight excluding hydrogens is 246 g/mol. The van der Waals surface area contributed by atoms with Gasteiger partial charge in [0.2, 0.25) is 5.91 Å². The van der Waals surface area contributed by atoms with Crippen molar-refractivity contribution in [2.45, 2.75) is 16.7 Å². The smallest absolute Gasteiger partial charge is 0.235 e. The molecule has 1 aromatic heterocycles. The molecule has 5 heteroatoms. The first-order chi connectivity index (χ1) is 8.75. The lowest BCUT2D eigenvalue weighted by Crippen LogP contribution is -2.23. The van der Waals surface area contributed by atoms with Crippen LogP contribution in [0.4, 0.5) is 0 Å². The van der Waals surface area contributed by atoms with Gasteiger partial charge in [-0.25, -0.2) is 0 Å². The fourth-order valence-corrected chi connectivity index (χ4v) is 3.30. The van der Waals surface area contributed by atoms with Crippen molar-refractivity contribution in [3.05, 3.63) is 30.5 Å². The molecule has 0 spiro atoms. The molecule has 1 saturated heterocycles. The lowest BCUT2D eigenvalue weighted by Gasteiger charge is -2.10. The van der Waals surface area contributed by atoms with Crippen LogP contribution in [0, 0.1) is 0 Å². The van der Waals surface area contributed by atoms with Crippen molar-refractivity contribution in [1.82, 2.24) is 15.1 Å². The fourth-order valence-electron chi connectivity index (χ4n) is 2.12. The predicted octanol–water partition coefficient (Wildman–Crippen LogP) is 1.95. The Bertz CT molecular complexity index is 596. The number of carbonyl (C=O) groups is 1. The van der Waals surface area contributed by atoms with E-state index < -0.39 is 0 Å². The Balaban J connectivity index is 1.93. The summed E-state index contributed by atoms with van der Waals surface area (Å²) in [4.78, 5) is 13.7. The number of nitrogens with zero attached hydrogens (tertiary/aromatic N) is 3.